The van der Waals surface area contributed by atoms with Gasteiger partial charge in [-0.05, 0) is 13.3 Å². The summed E-state index contributed by atoms with van der Waals surface area (Å²) in [5.74, 6) is -0.631. The van der Waals surface area contributed by atoms with Crippen molar-refractivity contribution < 1.29 is 19.4 Å². The van der Waals surface area contributed by atoms with E-state index in [4.69, 9.17) is 0 Å². The molecule has 116 valence electrons. The first kappa shape index (κ1) is 17.3. The number of carbonyl (C=O) groups excluding carboxylic acids is 2. The van der Waals surface area contributed by atoms with Gasteiger partial charge in [0.2, 0.25) is 0 Å². The van der Waals surface area contributed by atoms with E-state index in [1.165, 1.54) is 7.11 Å². The van der Waals surface area contributed by atoms with E-state index in [-0.39, 0.29) is 24.9 Å². The molecule has 0 fully saturated rings. The van der Waals surface area contributed by atoms with Crippen LogP contribution in [-0.4, -0.2) is 42.7 Å². The molecule has 0 bridgehead atoms. The summed E-state index contributed by atoms with van der Waals surface area (Å²) in [5.41, 5.74) is 1.60. The number of hydrogen-bond donors (Lipinski definition) is 2. The molecule has 0 radical (unpaired) electrons. The molecule has 5 nitrogen and oxygen atoms in total. The molecule has 0 spiro atoms. The number of Topliss-reactive ketones (excluding diaryl/α,β-unsaturated/α-hetero) is 1. The van der Waals surface area contributed by atoms with Crippen molar-refractivity contribution in [2.75, 3.05) is 13.7 Å². The first-order valence-electron chi connectivity index (χ1n) is 7.06. The number of aliphatic hydroxyl groups is 1. The van der Waals surface area contributed by atoms with Crippen molar-refractivity contribution in [2.45, 2.75) is 38.8 Å². The van der Waals surface area contributed by atoms with Crippen molar-refractivity contribution in [3.8, 4) is 0 Å². The third-order valence-corrected chi connectivity index (χ3v) is 3.40. The molecule has 1 aromatic carbocycles. The van der Waals surface area contributed by atoms with Crippen LogP contribution in [0, 0.1) is 6.92 Å². The van der Waals surface area contributed by atoms with Crippen LogP contribution in [0.15, 0.2) is 24.3 Å². The molecule has 1 rings (SSSR count). The number of rotatable bonds is 8. The van der Waals surface area contributed by atoms with Crippen LogP contribution in [0.2, 0.25) is 0 Å². The third-order valence-electron chi connectivity index (χ3n) is 3.40. The maximum Gasteiger partial charge on any atom is 0.307 e. The Morgan fingerprint density at radius 1 is 1.29 bits per heavy atom. The normalized spacial score (nSPS) is 13.5. The zero-order valence-electron chi connectivity index (χ0n) is 12.8. The standard InChI is InChI=1S/C16H23NO4/c1-4-13(10-18)17-14(9-15(19)21-3)16(20)12-7-5-11(2)6-8-12/h5-8,13-14,17-18H,4,9-10H2,1-3H3. The number of benzene rings is 1. The zero-order valence-corrected chi connectivity index (χ0v) is 12.8. The molecular formula is C16H23NO4. The molecule has 2 unspecified atom stereocenters. The molecule has 0 saturated heterocycles. The second-order valence-corrected chi connectivity index (χ2v) is 5.02. The number of ketones is 1. The largest absolute Gasteiger partial charge is 0.469 e. The molecule has 0 amide bonds. The molecular weight excluding hydrogens is 270 g/mol. The van der Waals surface area contributed by atoms with E-state index in [1.807, 2.05) is 26.0 Å². The highest BCUT2D eigenvalue weighted by atomic mass is 16.5. The molecule has 1 aromatic rings. The van der Waals surface area contributed by atoms with Gasteiger partial charge in [-0.25, -0.2) is 0 Å². The fourth-order valence-electron chi connectivity index (χ4n) is 1.98. The van der Waals surface area contributed by atoms with E-state index in [1.54, 1.807) is 12.1 Å². The van der Waals surface area contributed by atoms with E-state index < -0.39 is 12.0 Å². The Morgan fingerprint density at radius 3 is 2.38 bits per heavy atom. The van der Waals surface area contributed by atoms with Crippen LogP contribution >= 0.6 is 0 Å². The lowest BCUT2D eigenvalue weighted by atomic mass is 9.99. The number of aryl methyl sites for hydroxylation is 1. The summed E-state index contributed by atoms with van der Waals surface area (Å²) in [6.07, 6.45) is 0.606. The third kappa shape index (κ3) is 5.28. The molecule has 2 atom stereocenters. The Kier molecular flexibility index (Phi) is 7.05. The fraction of sp³-hybridized carbons (Fsp3) is 0.500. The highest BCUT2D eigenvalue weighted by molar-refractivity contribution is 6.01. The Balaban J connectivity index is 2.90. The van der Waals surface area contributed by atoms with Gasteiger partial charge in [0.05, 0.1) is 26.2 Å². The quantitative estimate of drug-likeness (QED) is 0.561. The summed E-state index contributed by atoms with van der Waals surface area (Å²) in [6.45, 7) is 3.76. The summed E-state index contributed by atoms with van der Waals surface area (Å²) in [5, 5.41) is 12.3. The van der Waals surface area contributed by atoms with Crippen LogP contribution in [0.4, 0.5) is 0 Å². The van der Waals surface area contributed by atoms with E-state index in [0.29, 0.717) is 12.0 Å². The minimum Gasteiger partial charge on any atom is -0.469 e. The average molecular weight is 293 g/mol. The van der Waals surface area contributed by atoms with Crippen LogP contribution in [0.25, 0.3) is 0 Å². The summed E-state index contributed by atoms with van der Waals surface area (Å²) in [4.78, 5) is 24.0. The van der Waals surface area contributed by atoms with Gasteiger partial charge in [0, 0.05) is 11.6 Å². The molecule has 0 heterocycles. The monoisotopic (exact) mass is 293 g/mol. The fourth-order valence-corrected chi connectivity index (χ4v) is 1.98. The van der Waals surface area contributed by atoms with Gasteiger partial charge in [-0.1, -0.05) is 36.8 Å². The first-order chi connectivity index (χ1) is 10.0. The molecule has 0 aliphatic rings. The van der Waals surface area contributed by atoms with Crippen molar-refractivity contribution in [1.82, 2.24) is 5.32 Å². The molecule has 2 N–H and O–H groups in total. The molecule has 0 aliphatic carbocycles. The first-order valence-corrected chi connectivity index (χ1v) is 7.06. The number of aliphatic hydroxyl groups excluding tert-OH is 1. The Bertz CT molecular complexity index is 466. The highest BCUT2D eigenvalue weighted by Crippen LogP contribution is 2.10. The topological polar surface area (TPSA) is 75.6 Å². The van der Waals surface area contributed by atoms with Crippen molar-refractivity contribution in [1.29, 1.82) is 0 Å². The van der Waals surface area contributed by atoms with Gasteiger partial charge in [0.15, 0.2) is 5.78 Å². The number of esters is 1. The smallest absolute Gasteiger partial charge is 0.307 e. The maximum atomic E-state index is 12.5. The van der Waals surface area contributed by atoms with Crippen LogP contribution in [0.5, 0.6) is 0 Å². The second kappa shape index (κ2) is 8.54. The summed E-state index contributed by atoms with van der Waals surface area (Å²) >= 11 is 0. The van der Waals surface area contributed by atoms with Gasteiger partial charge in [-0.3, -0.25) is 9.59 Å². The number of nitrogens with one attached hydrogen (secondary N) is 1. The van der Waals surface area contributed by atoms with Crippen LogP contribution < -0.4 is 5.32 Å². The van der Waals surface area contributed by atoms with Gasteiger partial charge < -0.3 is 15.2 Å². The Labute approximate surface area is 125 Å². The molecule has 21 heavy (non-hydrogen) atoms. The Hall–Kier alpha value is -1.72. The average Bonchev–Trinajstić information content (AvgIpc) is 2.51. The van der Waals surface area contributed by atoms with E-state index >= 15 is 0 Å². The van der Waals surface area contributed by atoms with Gasteiger partial charge in [0.1, 0.15) is 0 Å². The van der Waals surface area contributed by atoms with Crippen LogP contribution in [-0.2, 0) is 9.53 Å². The summed E-state index contributed by atoms with van der Waals surface area (Å²) < 4.78 is 4.64. The predicted molar refractivity (Wildman–Crippen MR) is 80.2 cm³/mol. The van der Waals surface area contributed by atoms with Crippen molar-refractivity contribution in [3.63, 3.8) is 0 Å². The summed E-state index contributed by atoms with van der Waals surface area (Å²) in [7, 11) is 1.29. The van der Waals surface area contributed by atoms with E-state index in [9.17, 15) is 14.7 Å². The lowest BCUT2D eigenvalue weighted by Crippen LogP contribution is -2.46. The molecule has 5 heteroatoms. The number of ether oxygens (including phenoxy) is 1. The number of carbonyl (C=O) groups is 2. The number of hydrogen-bond acceptors (Lipinski definition) is 5. The highest BCUT2D eigenvalue weighted by Gasteiger charge is 2.25. The minimum atomic E-state index is -0.697. The van der Waals surface area contributed by atoms with Gasteiger partial charge in [0.25, 0.3) is 0 Å². The summed E-state index contributed by atoms with van der Waals surface area (Å²) in [6, 6.07) is 6.26. The Morgan fingerprint density at radius 2 is 1.90 bits per heavy atom. The van der Waals surface area contributed by atoms with Gasteiger partial charge in [-0.2, -0.15) is 0 Å². The van der Waals surface area contributed by atoms with Gasteiger partial charge >= 0.3 is 5.97 Å². The SMILES string of the molecule is CCC(CO)NC(CC(=O)OC)C(=O)c1ccc(C)cc1. The van der Waals surface area contributed by atoms with Crippen molar-refractivity contribution in [3.05, 3.63) is 35.4 Å². The number of methoxy groups -OCH3 is 1. The van der Waals surface area contributed by atoms with Crippen molar-refractivity contribution >= 4 is 11.8 Å². The lowest BCUT2D eigenvalue weighted by molar-refractivity contribution is -0.141. The molecule has 0 aliphatic heterocycles. The van der Waals surface area contributed by atoms with Crippen molar-refractivity contribution in [2.24, 2.45) is 0 Å². The van der Waals surface area contributed by atoms with E-state index in [2.05, 4.69) is 10.1 Å². The van der Waals surface area contributed by atoms with Crippen LogP contribution in [0.3, 0.4) is 0 Å². The second-order valence-electron chi connectivity index (χ2n) is 5.02. The molecule has 0 aromatic heterocycles. The van der Waals surface area contributed by atoms with E-state index in [0.717, 1.165) is 5.56 Å². The van der Waals surface area contributed by atoms with Gasteiger partial charge in [-0.15, -0.1) is 0 Å². The predicted octanol–water partition coefficient (Wildman–Crippen LogP) is 1.47. The molecule has 0 saturated carbocycles. The maximum absolute atomic E-state index is 12.5. The minimum absolute atomic E-state index is 0.0558. The van der Waals surface area contributed by atoms with Crippen LogP contribution in [0.1, 0.15) is 35.7 Å². The lowest BCUT2D eigenvalue weighted by Gasteiger charge is -2.22. The zero-order chi connectivity index (χ0) is 15.8.